The number of benzene rings is 1. The van der Waals surface area contributed by atoms with Crippen molar-refractivity contribution in [2.45, 2.75) is 38.8 Å². The van der Waals surface area contributed by atoms with Gasteiger partial charge in [0.1, 0.15) is 5.60 Å². The molecule has 2 aromatic heterocycles. The third-order valence-corrected chi connectivity index (χ3v) is 6.71. The van der Waals surface area contributed by atoms with Crippen LogP contribution in [0.5, 0.6) is 0 Å². The lowest BCUT2D eigenvalue weighted by atomic mass is 9.85. The second-order valence-electron chi connectivity index (χ2n) is 8.75. The first-order valence-electron chi connectivity index (χ1n) is 10.5. The Labute approximate surface area is 172 Å². The van der Waals surface area contributed by atoms with Crippen LogP contribution in [0.2, 0.25) is 0 Å². The largest absolute Gasteiger partial charge is 0.383 e. The predicted octanol–water partition coefficient (Wildman–Crippen LogP) is 3.61. The van der Waals surface area contributed by atoms with Crippen molar-refractivity contribution in [2.75, 3.05) is 13.1 Å². The molecule has 1 aliphatic heterocycles. The number of nitrogens with zero attached hydrogens (tertiary/aromatic N) is 4. The third kappa shape index (κ3) is 3.28. The fourth-order valence-electron chi connectivity index (χ4n) is 5.39. The molecule has 3 heterocycles. The SMILES string of the molecule is Cc1cc(C)n(-c2cccc(CN3CC4CCC(O)(c5ccccn5)C4C3)c2)n1. The van der Waals surface area contributed by atoms with E-state index in [1.54, 1.807) is 6.20 Å². The Morgan fingerprint density at radius 1 is 1.10 bits per heavy atom. The Bertz CT molecular complexity index is 1010. The first-order valence-corrected chi connectivity index (χ1v) is 10.5. The molecule has 2 aliphatic rings. The Morgan fingerprint density at radius 2 is 2.00 bits per heavy atom. The molecule has 0 bridgehead atoms. The van der Waals surface area contributed by atoms with Crippen LogP contribution in [0.15, 0.2) is 54.7 Å². The maximum atomic E-state index is 11.4. The van der Waals surface area contributed by atoms with Crippen molar-refractivity contribution in [3.8, 4) is 5.69 Å². The zero-order valence-corrected chi connectivity index (χ0v) is 17.1. The molecule has 3 aromatic rings. The second-order valence-corrected chi connectivity index (χ2v) is 8.75. The minimum absolute atomic E-state index is 0.261. The summed E-state index contributed by atoms with van der Waals surface area (Å²) in [5, 5.41) is 16.1. The number of pyridine rings is 1. The molecule has 1 aliphatic carbocycles. The fourth-order valence-corrected chi connectivity index (χ4v) is 5.39. The lowest BCUT2D eigenvalue weighted by Gasteiger charge is -2.29. The first-order chi connectivity index (χ1) is 14.0. The number of hydrogen-bond donors (Lipinski definition) is 1. The summed E-state index contributed by atoms with van der Waals surface area (Å²) in [6, 6.07) is 16.6. The highest BCUT2D eigenvalue weighted by Crippen LogP contribution is 2.50. The van der Waals surface area contributed by atoms with E-state index in [4.69, 9.17) is 0 Å². The van der Waals surface area contributed by atoms with Crippen molar-refractivity contribution < 1.29 is 5.11 Å². The van der Waals surface area contributed by atoms with Crippen LogP contribution < -0.4 is 0 Å². The molecule has 5 rings (SSSR count). The number of aliphatic hydroxyl groups is 1. The Hall–Kier alpha value is -2.50. The number of likely N-dealkylation sites (tertiary alicyclic amines) is 1. The van der Waals surface area contributed by atoms with Crippen molar-refractivity contribution in [1.82, 2.24) is 19.7 Å². The summed E-state index contributed by atoms with van der Waals surface area (Å²) in [4.78, 5) is 6.97. The van der Waals surface area contributed by atoms with Crippen molar-refractivity contribution in [1.29, 1.82) is 0 Å². The Balaban J connectivity index is 1.33. The van der Waals surface area contributed by atoms with Crippen LogP contribution in [0.25, 0.3) is 5.69 Å². The van der Waals surface area contributed by atoms with E-state index in [0.29, 0.717) is 5.92 Å². The number of aryl methyl sites for hydroxylation is 2. The predicted molar refractivity (Wildman–Crippen MR) is 113 cm³/mol. The molecule has 5 nitrogen and oxygen atoms in total. The molecule has 1 saturated carbocycles. The molecule has 1 aromatic carbocycles. The summed E-state index contributed by atoms with van der Waals surface area (Å²) >= 11 is 0. The van der Waals surface area contributed by atoms with Crippen LogP contribution in [-0.4, -0.2) is 37.9 Å². The molecular weight excluding hydrogens is 360 g/mol. The summed E-state index contributed by atoms with van der Waals surface area (Å²) in [6.45, 7) is 6.98. The van der Waals surface area contributed by atoms with Crippen LogP contribution in [0.3, 0.4) is 0 Å². The van der Waals surface area contributed by atoms with Crippen molar-refractivity contribution in [2.24, 2.45) is 11.8 Å². The Morgan fingerprint density at radius 3 is 2.76 bits per heavy atom. The number of aromatic nitrogens is 3. The zero-order chi connectivity index (χ0) is 20.0. The quantitative estimate of drug-likeness (QED) is 0.742. The normalized spacial score (nSPS) is 26.7. The van der Waals surface area contributed by atoms with E-state index in [0.717, 1.165) is 55.2 Å². The molecule has 0 radical (unpaired) electrons. The van der Waals surface area contributed by atoms with Gasteiger partial charge in [-0.3, -0.25) is 9.88 Å². The van der Waals surface area contributed by atoms with Crippen LogP contribution in [0.1, 0.15) is 35.5 Å². The minimum Gasteiger partial charge on any atom is -0.383 e. The summed E-state index contributed by atoms with van der Waals surface area (Å²) in [5.41, 5.74) is 4.63. The van der Waals surface area contributed by atoms with Gasteiger partial charge in [-0.1, -0.05) is 18.2 Å². The molecule has 1 saturated heterocycles. The van der Waals surface area contributed by atoms with Gasteiger partial charge in [-0.05, 0) is 68.5 Å². The van der Waals surface area contributed by atoms with Crippen molar-refractivity contribution in [3.05, 3.63) is 77.4 Å². The van der Waals surface area contributed by atoms with E-state index in [-0.39, 0.29) is 5.92 Å². The average Bonchev–Trinajstić information content (AvgIpc) is 3.38. The highest BCUT2D eigenvalue weighted by molar-refractivity contribution is 5.37. The lowest BCUT2D eigenvalue weighted by molar-refractivity contribution is -0.0108. The summed E-state index contributed by atoms with van der Waals surface area (Å²) < 4.78 is 2.01. The van der Waals surface area contributed by atoms with Crippen LogP contribution in [0.4, 0.5) is 0 Å². The summed E-state index contributed by atoms with van der Waals surface area (Å²) in [7, 11) is 0. The van der Waals surface area contributed by atoms with E-state index in [1.165, 1.54) is 5.56 Å². The lowest BCUT2D eigenvalue weighted by Crippen LogP contribution is -2.35. The van der Waals surface area contributed by atoms with Crippen LogP contribution >= 0.6 is 0 Å². The van der Waals surface area contributed by atoms with Crippen LogP contribution in [-0.2, 0) is 12.1 Å². The first kappa shape index (κ1) is 18.5. The molecule has 29 heavy (non-hydrogen) atoms. The van der Waals surface area contributed by atoms with E-state index in [1.807, 2.05) is 29.8 Å². The van der Waals surface area contributed by atoms with Gasteiger partial charge in [0.05, 0.1) is 17.1 Å². The van der Waals surface area contributed by atoms with Crippen molar-refractivity contribution >= 4 is 0 Å². The van der Waals surface area contributed by atoms with Gasteiger partial charge in [-0.15, -0.1) is 0 Å². The smallest absolute Gasteiger partial charge is 0.111 e. The van der Waals surface area contributed by atoms with Gasteiger partial charge in [0, 0.05) is 37.4 Å². The van der Waals surface area contributed by atoms with Gasteiger partial charge in [-0.2, -0.15) is 5.10 Å². The maximum Gasteiger partial charge on any atom is 0.111 e. The highest BCUT2D eigenvalue weighted by atomic mass is 16.3. The van der Waals surface area contributed by atoms with Gasteiger partial charge >= 0.3 is 0 Å². The molecule has 3 unspecified atom stereocenters. The number of fused-ring (bicyclic) bond motifs is 1. The molecule has 1 N–H and O–H groups in total. The van der Waals surface area contributed by atoms with Gasteiger partial charge in [0.15, 0.2) is 0 Å². The van der Waals surface area contributed by atoms with Gasteiger partial charge < -0.3 is 5.11 Å². The average molecular weight is 389 g/mol. The monoisotopic (exact) mass is 388 g/mol. The molecule has 150 valence electrons. The minimum atomic E-state index is -0.785. The van der Waals surface area contributed by atoms with Crippen molar-refractivity contribution in [3.63, 3.8) is 0 Å². The maximum absolute atomic E-state index is 11.4. The standard InChI is InChI=1S/C24H28N4O/c1-17-12-18(2)28(26-17)21-7-5-6-19(13-21)14-27-15-20-9-10-24(29,22(20)16-27)23-8-3-4-11-25-23/h3-8,11-13,20,22,29H,9-10,14-16H2,1-2H3. The summed E-state index contributed by atoms with van der Waals surface area (Å²) in [6.07, 6.45) is 3.68. The fraction of sp³-hybridized carbons (Fsp3) is 0.417. The van der Waals surface area contributed by atoms with E-state index >= 15 is 0 Å². The van der Waals surface area contributed by atoms with Crippen LogP contribution in [0, 0.1) is 25.7 Å². The highest BCUT2D eigenvalue weighted by Gasteiger charge is 2.52. The molecule has 2 fully saturated rings. The van der Waals surface area contributed by atoms with E-state index in [9.17, 15) is 5.11 Å². The van der Waals surface area contributed by atoms with E-state index in [2.05, 4.69) is 52.2 Å². The van der Waals surface area contributed by atoms with Gasteiger partial charge in [-0.25, -0.2) is 4.68 Å². The number of hydrogen-bond acceptors (Lipinski definition) is 4. The topological polar surface area (TPSA) is 54.2 Å². The molecular formula is C24H28N4O. The molecule has 0 spiro atoms. The Kier molecular flexibility index (Phi) is 4.52. The third-order valence-electron chi connectivity index (χ3n) is 6.71. The second kappa shape index (κ2) is 7.08. The van der Waals surface area contributed by atoms with Gasteiger partial charge in [0.2, 0.25) is 0 Å². The molecule has 3 atom stereocenters. The molecule has 0 amide bonds. The summed E-state index contributed by atoms with van der Waals surface area (Å²) in [5.74, 6) is 0.804. The zero-order valence-electron chi connectivity index (χ0n) is 17.1. The molecule has 5 heteroatoms. The number of rotatable bonds is 4. The van der Waals surface area contributed by atoms with Gasteiger partial charge in [0.25, 0.3) is 0 Å². The van der Waals surface area contributed by atoms with E-state index < -0.39 is 5.60 Å².